The van der Waals surface area contributed by atoms with E-state index < -0.39 is 36.9 Å². The molecule has 0 aliphatic carbocycles. The fourth-order valence-corrected chi connectivity index (χ4v) is 0.976. The van der Waals surface area contributed by atoms with E-state index in [9.17, 15) is 9.90 Å². The summed E-state index contributed by atoms with van der Waals surface area (Å²) in [6.45, 7) is -0.666. The molecule has 7 nitrogen and oxygen atoms in total. The zero-order chi connectivity index (χ0) is 11.3. The highest BCUT2D eigenvalue weighted by Gasteiger charge is 2.34. The molecule has 0 fully saturated rings. The van der Waals surface area contributed by atoms with Crippen molar-refractivity contribution in [1.29, 1.82) is 0 Å². The molecule has 1 amide bonds. The summed E-state index contributed by atoms with van der Waals surface area (Å²) in [7, 11) is 1.15. The summed E-state index contributed by atoms with van der Waals surface area (Å²) in [5.41, 5.74) is 4.72. The third-order valence-electron chi connectivity index (χ3n) is 1.79. The summed E-state index contributed by atoms with van der Waals surface area (Å²) in [5.74, 6) is -1.13. The maximum absolute atomic E-state index is 10.5. The predicted octanol–water partition coefficient (Wildman–Crippen LogP) is -3.44. The van der Waals surface area contributed by atoms with E-state index in [0.29, 0.717) is 0 Å². The largest absolute Gasteiger partial charge is 0.394 e. The van der Waals surface area contributed by atoms with Gasteiger partial charge in [-0.05, 0) is 0 Å². The van der Waals surface area contributed by atoms with Crippen molar-refractivity contribution in [2.24, 2.45) is 5.73 Å². The van der Waals surface area contributed by atoms with E-state index in [4.69, 9.17) is 21.1 Å². The molecule has 84 valence electrons. The Hall–Kier alpha value is -0.730. The molecule has 0 aliphatic rings. The number of primary amides is 1. The lowest BCUT2D eigenvalue weighted by Crippen LogP contribution is -2.51. The SMILES string of the molecule is COC(C(O)CO)C(O)C(O)C(N)=O. The van der Waals surface area contributed by atoms with Crippen LogP contribution in [-0.2, 0) is 9.53 Å². The quantitative estimate of drug-likeness (QED) is 0.309. The number of nitrogens with two attached hydrogens (primary N) is 1. The third kappa shape index (κ3) is 3.20. The first-order chi connectivity index (χ1) is 6.45. The van der Waals surface area contributed by atoms with Crippen LogP contribution in [0.1, 0.15) is 0 Å². The molecule has 0 aromatic heterocycles. The minimum Gasteiger partial charge on any atom is -0.394 e. The molecule has 0 aromatic rings. The lowest BCUT2D eigenvalue weighted by atomic mass is 10.0. The van der Waals surface area contributed by atoms with Gasteiger partial charge in [0, 0.05) is 7.11 Å². The summed E-state index contributed by atoms with van der Waals surface area (Å²) < 4.78 is 4.61. The second-order valence-corrected chi connectivity index (χ2v) is 2.79. The first kappa shape index (κ1) is 13.3. The second kappa shape index (κ2) is 5.89. The van der Waals surface area contributed by atoms with Crippen LogP contribution in [0.15, 0.2) is 0 Å². The summed E-state index contributed by atoms with van der Waals surface area (Å²) in [4.78, 5) is 10.5. The van der Waals surface area contributed by atoms with Crippen LogP contribution in [0.2, 0.25) is 0 Å². The smallest absolute Gasteiger partial charge is 0.249 e. The van der Waals surface area contributed by atoms with Crippen molar-refractivity contribution in [3.63, 3.8) is 0 Å². The van der Waals surface area contributed by atoms with Crippen molar-refractivity contribution >= 4 is 5.91 Å². The van der Waals surface area contributed by atoms with Crippen LogP contribution in [0.5, 0.6) is 0 Å². The van der Waals surface area contributed by atoms with E-state index >= 15 is 0 Å². The molecular weight excluding hydrogens is 194 g/mol. The Balaban J connectivity index is 4.44. The van der Waals surface area contributed by atoms with Gasteiger partial charge in [0.25, 0.3) is 0 Å². The number of ether oxygens (including phenoxy) is 1. The number of aliphatic hydroxyl groups is 4. The molecule has 0 saturated carbocycles. The highest BCUT2D eigenvalue weighted by molar-refractivity contribution is 5.79. The highest BCUT2D eigenvalue weighted by atomic mass is 16.5. The minimum absolute atomic E-state index is 0.666. The van der Waals surface area contributed by atoms with E-state index in [1.54, 1.807) is 0 Å². The molecule has 4 atom stereocenters. The Morgan fingerprint density at radius 2 is 1.93 bits per heavy atom. The zero-order valence-electron chi connectivity index (χ0n) is 7.70. The number of hydrogen-bond acceptors (Lipinski definition) is 6. The molecule has 4 unspecified atom stereocenters. The van der Waals surface area contributed by atoms with Crippen LogP contribution >= 0.6 is 0 Å². The summed E-state index contributed by atoms with van der Waals surface area (Å²) in [6, 6.07) is 0. The topological polar surface area (TPSA) is 133 Å². The van der Waals surface area contributed by atoms with Gasteiger partial charge in [-0.25, -0.2) is 0 Å². The third-order valence-corrected chi connectivity index (χ3v) is 1.79. The zero-order valence-corrected chi connectivity index (χ0v) is 7.70. The lowest BCUT2D eigenvalue weighted by molar-refractivity contribution is -0.151. The molecule has 0 aliphatic heterocycles. The van der Waals surface area contributed by atoms with Crippen LogP contribution in [0, 0.1) is 0 Å². The molecule has 0 aromatic carbocycles. The number of carbonyl (C=O) groups is 1. The normalized spacial score (nSPS) is 19.8. The van der Waals surface area contributed by atoms with Gasteiger partial charge in [-0.1, -0.05) is 0 Å². The molecule has 6 N–H and O–H groups in total. The molecule has 0 bridgehead atoms. The van der Waals surface area contributed by atoms with E-state index in [1.165, 1.54) is 0 Å². The molecule has 7 heteroatoms. The monoisotopic (exact) mass is 209 g/mol. The van der Waals surface area contributed by atoms with Crippen LogP contribution in [0.4, 0.5) is 0 Å². The maximum Gasteiger partial charge on any atom is 0.249 e. The summed E-state index contributed by atoms with van der Waals surface area (Å²) in [6.07, 6.45) is -6.20. The number of aliphatic hydroxyl groups excluding tert-OH is 4. The Morgan fingerprint density at radius 1 is 1.43 bits per heavy atom. The molecule has 0 heterocycles. The van der Waals surface area contributed by atoms with Crippen molar-refractivity contribution in [2.45, 2.75) is 24.4 Å². The van der Waals surface area contributed by atoms with Gasteiger partial charge < -0.3 is 30.9 Å². The first-order valence-electron chi connectivity index (χ1n) is 3.92. The molecule has 0 spiro atoms. The molecule has 0 rings (SSSR count). The van der Waals surface area contributed by atoms with Gasteiger partial charge in [0.05, 0.1) is 6.61 Å². The highest BCUT2D eigenvalue weighted by Crippen LogP contribution is 2.08. The fraction of sp³-hybridized carbons (Fsp3) is 0.857. The van der Waals surface area contributed by atoms with Crippen LogP contribution in [0.3, 0.4) is 0 Å². The standard InChI is InChI=1S/C7H15NO6/c1-14-6(3(10)2-9)4(11)5(12)7(8)13/h3-6,9-12H,2H2,1H3,(H2,8,13). The van der Waals surface area contributed by atoms with Crippen molar-refractivity contribution in [3.8, 4) is 0 Å². The van der Waals surface area contributed by atoms with Gasteiger partial charge in [0.1, 0.15) is 18.3 Å². The van der Waals surface area contributed by atoms with Crippen molar-refractivity contribution in [2.75, 3.05) is 13.7 Å². The molecule has 0 saturated heterocycles. The Bertz CT molecular complexity index is 187. The average molecular weight is 209 g/mol. The van der Waals surface area contributed by atoms with E-state index in [-0.39, 0.29) is 0 Å². The average Bonchev–Trinajstić information content (AvgIpc) is 2.16. The van der Waals surface area contributed by atoms with Gasteiger partial charge in [-0.3, -0.25) is 4.79 Å². The maximum atomic E-state index is 10.5. The molecule has 14 heavy (non-hydrogen) atoms. The van der Waals surface area contributed by atoms with Gasteiger partial charge >= 0.3 is 0 Å². The summed E-state index contributed by atoms with van der Waals surface area (Å²) >= 11 is 0. The van der Waals surface area contributed by atoms with Gasteiger partial charge in [-0.2, -0.15) is 0 Å². The first-order valence-corrected chi connectivity index (χ1v) is 3.92. The number of hydrogen-bond donors (Lipinski definition) is 5. The minimum atomic E-state index is -1.85. The van der Waals surface area contributed by atoms with Crippen molar-refractivity contribution < 1.29 is 30.0 Å². The van der Waals surface area contributed by atoms with Crippen LogP contribution < -0.4 is 5.73 Å². The number of carbonyl (C=O) groups excluding carboxylic acids is 1. The van der Waals surface area contributed by atoms with Crippen LogP contribution in [-0.4, -0.2) is 64.5 Å². The fourth-order valence-electron chi connectivity index (χ4n) is 0.976. The molecule has 0 radical (unpaired) electrons. The van der Waals surface area contributed by atoms with Crippen LogP contribution in [0.25, 0.3) is 0 Å². The van der Waals surface area contributed by atoms with E-state index in [2.05, 4.69) is 4.74 Å². The Morgan fingerprint density at radius 3 is 2.21 bits per heavy atom. The Kier molecular flexibility index (Phi) is 5.58. The predicted molar refractivity (Wildman–Crippen MR) is 45.1 cm³/mol. The number of rotatable bonds is 6. The molecular formula is C7H15NO6. The summed E-state index contributed by atoms with van der Waals surface area (Å²) in [5, 5.41) is 36.0. The van der Waals surface area contributed by atoms with E-state index in [0.717, 1.165) is 7.11 Å². The van der Waals surface area contributed by atoms with Crippen molar-refractivity contribution in [1.82, 2.24) is 0 Å². The lowest BCUT2D eigenvalue weighted by Gasteiger charge is -2.26. The van der Waals surface area contributed by atoms with Gasteiger partial charge in [-0.15, -0.1) is 0 Å². The second-order valence-electron chi connectivity index (χ2n) is 2.79. The Labute approximate surface area is 80.7 Å². The number of methoxy groups -OCH3 is 1. The van der Waals surface area contributed by atoms with Crippen molar-refractivity contribution in [3.05, 3.63) is 0 Å². The van der Waals surface area contributed by atoms with Gasteiger partial charge in [0.2, 0.25) is 5.91 Å². The number of amides is 1. The van der Waals surface area contributed by atoms with Gasteiger partial charge in [0.15, 0.2) is 6.10 Å². The van der Waals surface area contributed by atoms with E-state index in [1.807, 2.05) is 0 Å².